The summed E-state index contributed by atoms with van der Waals surface area (Å²) < 4.78 is 24.1. The van der Waals surface area contributed by atoms with Gasteiger partial charge in [-0.1, -0.05) is 48.0 Å². The van der Waals surface area contributed by atoms with Crippen LogP contribution >= 0.6 is 0 Å². The number of carbonyl (C=O) groups is 1. The normalized spacial score (nSPS) is 11.2. The van der Waals surface area contributed by atoms with E-state index in [4.69, 9.17) is 0 Å². The molecule has 2 rings (SSSR count). The SMILES string of the molecule is Cc1cccc(C(=O)NCCCS(=O)(=O)Cc2ccccc2)c1. The number of benzene rings is 2. The largest absolute Gasteiger partial charge is 0.352 e. The molecule has 0 aliphatic heterocycles. The highest BCUT2D eigenvalue weighted by Crippen LogP contribution is 2.07. The average Bonchev–Trinajstić information content (AvgIpc) is 2.52. The van der Waals surface area contributed by atoms with Crippen molar-refractivity contribution in [1.82, 2.24) is 5.32 Å². The second kappa shape index (κ2) is 7.92. The quantitative estimate of drug-likeness (QED) is 0.794. The van der Waals surface area contributed by atoms with Gasteiger partial charge in [0, 0.05) is 12.1 Å². The lowest BCUT2D eigenvalue weighted by Crippen LogP contribution is -2.26. The molecular weight excluding hydrogens is 310 g/mol. The van der Waals surface area contributed by atoms with Crippen molar-refractivity contribution >= 4 is 15.7 Å². The number of aryl methyl sites for hydroxylation is 1. The Labute approximate surface area is 137 Å². The molecule has 0 atom stereocenters. The summed E-state index contributed by atoms with van der Waals surface area (Å²) >= 11 is 0. The number of carbonyl (C=O) groups excluding carboxylic acids is 1. The first-order valence-electron chi connectivity index (χ1n) is 7.55. The van der Waals surface area contributed by atoms with Gasteiger partial charge in [-0.15, -0.1) is 0 Å². The van der Waals surface area contributed by atoms with E-state index in [2.05, 4.69) is 5.32 Å². The minimum Gasteiger partial charge on any atom is -0.352 e. The van der Waals surface area contributed by atoms with Gasteiger partial charge in [0.25, 0.3) is 5.91 Å². The lowest BCUT2D eigenvalue weighted by molar-refractivity contribution is 0.0953. The molecule has 5 heteroatoms. The molecule has 0 aromatic heterocycles. The van der Waals surface area contributed by atoms with Crippen molar-refractivity contribution in [3.63, 3.8) is 0 Å². The maximum Gasteiger partial charge on any atom is 0.251 e. The Morgan fingerprint density at radius 1 is 1.04 bits per heavy atom. The maximum absolute atomic E-state index is 12.0. The van der Waals surface area contributed by atoms with E-state index in [9.17, 15) is 13.2 Å². The van der Waals surface area contributed by atoms with Crippen molar-refractivity contribution in [1.29, 1.82) is 0 Å². The second-order valence-electron chi connectivity index (χ2n) is 5.56. The highest BCUT2D eigenvalue weighted by molar-refractivity contribution is 7.90. The Kier molecular flexibility index (Phi) is 5.93. The molecular formula is C18H21NO3S. The van der Waals surface area contributed by atoms with Crippen LogP contribution in [0.4, 0.5) is 0 Å². The van der Waals surface area contributed by atoms with Crippen LogP contribution in [0.3, 0.4) is 0 Å². The molecule has 0 aliphatic rings. The summed E-state index contributed by atoms with van der Waals surface area (Å²) in [5.74, 6) is -0.0653. The van der Waals surface area contributed by atoms with Crippen molar-refractivity contribution in [2.45, 2.75) is 19.1 Å². The van der Waals surface area contributed by atoms with Gasteiger partial charge in [-0.3, -0.25) is 4.79 Å². The van der Waals surface area contributed by atoms with E-state index >= 15 is 0 Å². The zero-order valence-corrected chi connectivity index (χ0v) is 14.0. The Hall–Kier alpha value is -2.14. The lowest BCUT2D eigenvalue weighted by atomic mass is 10.1. The summed E-state index contributed by atoms with van der Waals surface area (Å²) in [6.45, 7) is 2.27. The monoisotopic (exact) mass is 331 g/mol. The van der Waals surface area contributed by atoms with Crippen LogP contribution in [0.15, 0.2) is 54.6 Å². The molecule has 2 aromatic rings. The van der Waals surface area contributed by atoms with Crippen molar-refractivity contribution in [2.75, 3.05) is 12.3 Å². The summed E-state index contributed by atoms with van der Waals surface area (Å²) in [4.78, 5) is 12.0. The van der Waals surface area contributed by atoms with Crippen LogP contribution in [-0.2, 0) is 15.6 Å². The first-order chi connectivity index (χ1) is 11.0. The molecule has 0 radical (unpaired) electrons. The fourth-order valence-corrected chi connectivity index (χ4v) is 3.71. The Bertz CT molecular complexity index is 755. The molecule has 0 saturated heterocycles. The van der Waals surface area contributed by atoms with Gasteiger partial charge in [0.05, 0.1) is 11.5 Å². The van der Waals surface area contributed by atoms with Crippen molar-refractivity contribution in [3.05, 3.63) is 71.3 Å². The summed E-state index contributed by atoms with van der Waals surface area (Å²) in [5, 5.41) is 2.76. The highest BCUT2D eigenvalue weighted by Gasteiger charge is 2.12. The third-order valence-electron chi connectivity index (χ3n) is 3.43. The number of nitrogens with one attached hydrogen (secondary N) is 1. The number of amides is 1. The van der Waals surface area contributed by atoms with Gasteiger partial charge in [0.1, 0.15) is 0 Å². The van der Waals surface area contributed by atoms with Crippen LogP contribution in [0.1, 0.15) is 27.9 Å². The first-order valence-corrected chi connectivity index (χ1v) is 9.38. The molecule has 0 unspecified atom stereocenters. The van der Waals surface area contributed by atoms with E-state index < -0.39 is 9.84 Å². The van der Waals surface area contributed by atoms with Gasteiger partial charge in [-0.2, -0.15) is 0 Å². The van der Waals surface area contributed by atoms with Crippen LogP contribution in [0, 0.1) is 6.92 Å². The topological polar surface area (TPSA) is 63.2 Å². The van der Waals surface area contributed by atoms with E-state index in [0.717, 1.165) is 11.1 Å². The molecule has 122 valence electrons. The van der Waals surface area contributed by atoms with Gasteiger partial charge in [0.2, 0.25) is 0 Å². The summed E-state index contributed by atoms with van der Waals surface area (Å²) in [5.41, 5.74) is 2.40. The van der Waals surface area contributed by atoms with Crippen molar-refractivity contribution in [3.8, 4) is 0 Å². The Morgan fingerprint density at radius 2 is 1.78 bits per heavy atom. The zero-order chi connectivity index (χ0) is 16.7. The third-order valence-corrected chi connectivity index (χ3v) is 5.11. The van der Waals surface area contributed by atoms with Crippen molar-refractivity contribution in [2.24, 2.45) is 0 Å². The van der Waals surface area contributed by atoms with Crippen LogP contribution in [0.2, 0.25) is 0 Å². The minimum atomic E-state index is -3.16. The minimum absolute atomic E-state index is 0.0413. The predicted octanol–water partition coefficient (Wildman–Crippen LogP) is 2.73. The van der Waals surface area contributed by atoms with Crippen LogP contribution < -0.4 is 5.32 Å². The Balaban J connectivity index is 1.77. The first kappa shape index (κ1) is 17.2. The zero-order valence-electron chi connectivity index (χ0n) is 13.2. The van der Waals surface area contributed by atoms with E-state index in [1.54, 1.807) is 18.2 Å². The summed E-state index contributed by atoms with van der Waals surface area (Å²) in [6.07, 6.45) is 0.409. The number of sulfone groups is 1. The molecule has 0 heterocycles. The fourth-order valence-electron chi connectivity index (χ4n) is 2.28. The van der Waals surface area contributed by atoms with Gasteiger partial charge in [-0.05, 0) is 31.0 Å². The van der Waals surface area contributed by atoms with E-state index in [1.165, 1.54) is 0 Å². The summed E-state index contributed by atoms with van der Waals surface area (Å²) in [6, 6.07) is 16.4. The summed E-state index contributed by atoms with van der Waals surface area (Å²) in [7, 11) is -3.16. The van der Waals surface area contributed by atoms with Crippen LogP contribution in [0.25, 0.3) is 0 Å². The van der Waals surface area contributed by atoms with E-state index in [0.29, 0.717) is 18.5 Å². The van der Waals surface area contributed by atoms with Gasteiger partial charge >= 0.3 is 0 Å². The molecule has 0 aliphatic carbocycles. The standard InChI is InChI=1S/C18H21NO3S/c1-15-7-5-10-17(13-15)18(20)19-11-6-12-23(21,22)14-16-8-3-2-4-9-16/h2-5,7-10,13H,6,11-12,14H2,1H3,(H,19,20). The third kappa shape index (κ3) is 5.87. The second-order valence-corrected chi connectivity index (χ2v) is 7.74. The molecule has 0 bridgehead atoms. The molecule has 0 spiro atoms. The Morgan fingerprint density at radius 3 is 2.48 bits per heavy atom. The molecule has 23 heavy (non-hydrogen) atoms. The van der Waals surface area contributed by atoms with E-state index in [-0.39, 0.29) is 17.4 Å². The number of hydrogen-bond donors (Lipinski definition) is 1. The lowest BCUT2D eigenvalue weighted by Gasteiger charge is -2.07. The van der Waals surface area contributed by atoms with Gasteiger partial charge in [-0.25, -0.2) is 8.42 Å². The van der Waals surface area contributed by atoms with E-state index in [1.807, 2.05) is 43.3 Å². The molecule has 1 amide bonds. The number of hydrogen-bond acceptors (Lipinski definition) is 3. The number of rotatable bonds is 7. The highest BCUT2D eigenvalue weighted by atomic mass is 32.2. The van der Waals surface area contributed by atoms with Crippen molar-refractivity contribution < 1.29 is 13.2 Å². The molecule has 4 nitrogen and oxygen atoms in total. The molecule has 2 aromatic carbocycles. The molecule has 1 N–H and O–H groups in total. The average molecular weight is 331 g/mol. The van der Waals surface area contributed by atoms with Crippen LogP contribution in [0.5, 0.6) is 0 Å². The van der Waals surface area contributed by atoms with Gasteiger partial charge in [0.15, 0.2) is 9.84 Å². The fraction of sp³-hybridized carbons (Fsp3) is 0.278. The van der Waals surface area contributed by atoms with Gasteiger partial charge < -0.3 is 5.32 Å². The smallest absolute Gasteiger partial charge is 0.251 e. The van der Waals surface area contributed by atoms with Crippen LogP contribution in [-0.4, -0.2) is 26.6 Å². The molecule has 0 saturated carbocycles. The molecule has 0 fully saturated rings. The maximum atomic E-state index is 12.0. The predicted molar refractivity (Wildman–Crippen MR) is 92.1 cm³/mol.